The molecule has 0 N–H and O–H groups in total. The minimum Gasteiger partial charge on any atom is -0.364 e. The van der Waals surface area contributed by atoms with Crippen LogP contribution in [0.15, 0.2) is 36.9 Å². The molecule has 0 aliphatic carbocycles. The van der Waals surface area contributed by atoms with Crippen molar-refractivity contribution in [2.75, 3.05) is 17.2 Å². The zero-order valence-corrected chi connectivity index (χ0v) is 13.2. The summed E-state index contributed by atoms with van der Waals surface area (Å²) in [5.41, 5.74) is 1.74. The summed E-state index contributed by atoms with van der Waals surface area (Å²) in [6.07, 6.45) is 7.79. The van der Waals surface area contributed by atoms with Crippen molar-refractivity contribution < 1.29 is 12.3 Å². The van der Waals surface area contributed by atoms with Gasteiger partial charge in [0.2, 0.25) is 0 Å². The molecule has 120 valence electrons. The third kappa shape index (κ3) is 5.10. The topological polar surface area (TPSA) is 68.1 Å². The predicted octanol–water partition coefficient (Wildman–Crippen LogP) is 1.99. The zero-order valence-electron chi connectivity index (χ0n) is 12.4. The SMILES string of the molecule is CCCn1cc(N(CCS(=O)(=O)F)Cc2ccncc2)cn1. The highest BCUT2D eigenvalue weighted by Crippen LogP contribution is 2.17. The van der Waals surface area contributed by atoms with E-state index in [2.05, 4.69) is 10.1 Å². The molecule has 0 unspecified atom stereocenters. The fraction of sp³-hybridized carbons (Fsp3) is 0.429. The summed E-state index contributed by atoms with van der Waals surface area (Å²) in [6.45, 7) is 3.37. The minimum atomic E-state index is -4.50. The van der Waals surface area contributed by atoms with Crippen LogP contribution in [0.25, 0.3) is 0 Å². The molecule has 8 heteroatoms. The smallest absolute Gasteiger partial charge is 0.304 e. The summed E-state index contributed by atoms with van der Waals surface area (Å²) in [6, 6.07) is 3.68. The lowest BCUT2D eigenvalue weighted by Crippen LogP contribution is -2.27. The van der Waals surface area contributed by atoms with Crippen LogP contribution in [-0.4, -0.2) is 35.5 Å². The normalized spacial score (nSPS) is 11.5. The molecule has 22 heavy (non-hydrogen) atoms. The number of hydrogen-bond donors (Lipinski definition) is 0. The van der Waals surface area contributed by atoms with Crippen LogP contribution in [0.1, 0.15) is 18.9 Å². The quantitative estimate of drug-likeness (QED) is 0.694. The van der Waals surface area contributed by atoms with Crippen LogP contribution in [0, 0.1) is 0 Å². The second-order valence-corrected chi connectivity index (χ2v) is 6.47. The first kappa shape index (κ1) is 16.4. The van der Waals surface area contributed by atoms with Crippen LogP contribution in [0.2, 0.25) is 0 Å². The van der Waals surface area contributed by atoms with Gasteiger partial charge in [-0.2, -0.15) is 13.5 Å². The summed E-state index contributed by atoms with van der Waals surface area (Å²) in [5, 5.41) is 4.23. The van der Waals surface area contributed by atoms with Crippen LogP contribution >= 0.6 is 0 Å². The van der Waals surface area contributed by atoms with Crippen molar-refractivity contribution in [2.24, 2.45) is 0 Å². The van der Waals surface area contributed by atoms with Gasteiger partial charge in [-0.15, -0.1) is 3.89 Å². The van der Waals surface area contributed by atoms with Crippen molar-refractivity contribution in [1.82, 2.24) is 14.8 Å². The molecule has 6 nitrogen and oxygen atoms in total. The zero-order chi connectivity index (χ0) is 16.0. The standard InChI is InChI=1S/C14H19FN4O2S/c1-2-7-19-12-14(10-17-19)18(8-9-22(15,20)21)11-13-3-5-16-6-4-13/h3-6,10,12H,2,7-9,11H2,1H3. The maximum atomic E-state index is 12.8. The van der Waals surface area contributed by atoms with Gasteiger partial charge in [-0.3, -0.25) is 9.67 Å². The molecule has 0 aliphatic heterocycles. The van der Waals surface area contributed by atoms with Crippen LogP contribution in [0.4, 0.5) is 9.57 Å². The van der Waals surface area contributed by atoms with E-state index in [1.807, 2.05) is 25.3 Å². The number of rotatable bonds is 8. The Kier molecular flexibility index (Phi) is 5.48. The average Bonchev–Trinajstić information content (AvgIpc) is 2.92. The summed E-state index contributed by atoms with van der Waals surface area (Å²) in [7, 11) is -4.50. The molecular weight excluding hydrogens is 307 g/mol. The van der Waals surface area contributed by atoms with Crippen molar-refractivity contribution in [3.8, 4) is 0 Å². The fourth-order valence-corrected chi connectivity index (χ4v) is 2.53. The molecule has 0 amide bonds. The van der Waals surface area contributed by atoms with E-state index >= 15 is 0 Å². The molecule has 0 saturated heterocycles. The van der Waals surface area contributed by atoms with Gasteiger partial charge in [-0.1, -0.05) is 6.92 Å². The maximum Gasteiger partial charge on any atom is 0.304 e. The molecule has 2 heterocycles. The molecule has 2 aromatic heterocycles. The lowest BCUT2D eigenvalue weighted by molar-refractivity contribution is 0.550. The Balaban J connectivity index is 2.16. The fourth-order valence-electron chi connectivity index (χ4n) is 2.09. The van der Waals surface area contributed by atoms with Gasteiger partial charge >= 0.3 is 10.2 Å². The van der Waals surface area contributed by atoms with E-state index in [4.69, 9.17) is 0 Å². The summed E-state index contributed by atoms with van der Waals surface area (Å²) in [4.78, 5) is 5.75. The Bertz CT molecular complexity index is 688. The van der Waals surface area contributed by atoms with E-state index in [1.54, 1.807) is 28.2 Å². The highest BCUT2D eigenvalue weighted by molar-refractivity contribution is 7.86. The number of hydrogen-bond acceptors (Lipinski definition) is 5. The molecule has 0 atom stereocenters. The Hall–Kier alpha value is -1.96. The number of nitrogens with zero attached hydrogens (tertiary/aromatic N) is 4. The van der Waals surface area contributed by atoms with E-state index in [0.29, 0.717) is 6.54 Å². The highest BCUT2D eigenvalue weighted by Gasteiger charge is 2.15. The lowest BCUT2D eigenvalue weighted by Gasteiger charge is -2.22. The average molecular weight is 326 g/mol. The number of halogens is 1. The minimum absolute atomic E-state index is 0.0684. The third-order valence-electron chi connectivity index (χ3n) is 3.17. The van der Waals surface area contributed by atoms with E-state index in [0.717, 1.165) is 24.2 Å². The summed E-state index contributed by atoms with van der Waals surface area (Å²) >= 11 is 0. The molecular formula is C14H19FN4O2S. The summed E-state index contributed by atoms with van der Waals surface area (Å²) in [5.74, 6) is -0.545. The predicted molar refractivity (Wildman–Crippen MR) is 82.7 cm³/mol. The van der Waals surface area contributed by atoms with Crippen molar-refractivity contribution in [3.63, 3.8) is 0 Å². The Morgan fingerprint density at radius 3 is 2.68 bits per heavy atom. The Morgan fingerprint density at radius 1 is 1.32 bits per heavy atom. The van der Waals surface area contributed by atoms with Gasteiger partial charge < -0.3 is 4.90 Å². The third-order valence-corrected chi connectivity index (χ3v) is 3.84. The van der Waals surface area contributed by atoms with Gasteiger partial charge in [0.15, 0.2) is 0 Å². The van der Waals surface area contributed by atoms with E-state index in [9.17, 15) is 12.3 Å². The van der Waals surface area contributed by atoms with Gasteiger partial charge in [-0.05, 0) is 24.1 Å². The van der Waals surface area contributed by atoms with Crippen molar-refractivity contribution >= 4 is 15.9 Å². The molecule has 0 aromatic carbocycles. The Labute approximate surface area is 129 Å². The van der Waals surface area contributed by atoms with Crippen LogP contribution in [0.3, 0.4) is 0 Å². The van der Waals surface area contributed by atoms with Crippen LogP contribution in [-0.2, 0) is 23.3 Å². The molecule has 0 aliphatic rings. The van der Waals surface area contributed by atoms with Gasteiger partial charge in [0, 0.05) is 38.2 Å². The number of aryl methyl sites for hydroxylation is 1. The van der Waals surface area contributed by atoms with Gasteiger partial charge in [0.05, 0.1) is 17.6 Å². The molecule has 0 fully saturated rings. The maximum absolute atomic E-state index is 12.8. The first-order valence-corrected chi connectivity index (χ1v) is 8.62. The van der Waals surface area contributed by atoms with Gasteiger partial charge in [0.25, 0.3) is 0 Å². The molecule has 2 aromatic rings. The number of pyridine rings is 1. The van der Waals surface area contributed by atoms with Crippen molar-refractivity contribution in [1.29, 1.82) is 0 Å². The highest BCUT2D eigenvalue weighted by atomic mass is 32.3. The molecule has 0 saturated carbocycles. The first-order valence-electron chi connectivity index (χ1n) is 7.06. The molecule has 2 rings (SSSR count). The van der Waals surface area contributed by atoms with Crippen molar-refractivity contribution in [2.45, 2.75) is 26.4 Å². The first-order chi connectivity index (χ1) is 10.5. The lowest BCUT2D eigenvalue weighted by atomic mass is 10.2. The molecule has 0 bridgehead atoms. The van der Waals surface area contributed by atoms with Gasteiger partial charge in [0.1, 0.15) is 0 Å². The Morgan fingerprint density at radius 2 is 2.05 bits per heavy atom. The number of anilines is 1. The van der Waals surface area contributed by atoms with Gasteiger partial charge in [-0.25, -0.2) is 0 Å². The molecule has 0 radical (unpaired) electrons. The van der Waals surface area contributed by atoms with E-state index < -0.39 is 16.0 Å². The second-order valence-electron chi connectivity index (χ2n) is 4.98. The number of aromatic nitrogens is 3. The second kappa shape index (κ2) is 7.35. The monoisotopic (exact) mass is 326 g/mol. The van der Waals surface area contributed by atoms with E-state index in [-0.39, 0.29) is 6.54 Å². The van der Waals surface area contributed by atoms with E-state index in [1.165, 1.54) is 0 Å². The van der Waals surface area contributed by atoms with Crippen LogP contribution in [0.5, 0.6) is 0 Å². The molecule has 0 spiro atoms. The summed E-state index contributed by atoms with van der Waals surface area (Å²) < 4.78 is 36.2. The van der Waals surface area contributed by atoms with Crippen LogP contribution < -0.4 is 4.90 Å². The van der Waals surface area contributed by atoms with Crippen molar-refractivity contribution in [3.05, 3.63) is 42.5 Å². The largest absolute Gasteiger partial charge is 0.364 e.